The lowest BCUT2D eigenvalue weighted by Gasteiger charge is -2.34. The van der Waals surface area contributed by atoms with E-state index in [9.17, 15) is 9.59 Å². The van der Waals surface area contributed by atoms with Gasteiger partial charge in [0.05, 0.1) is 17.6 Å². The van der Waals surface area contributed by atoms with Crippen LogP contribution in [-0.2, 0) is 13.6 Å². The van der Waals surface area contributed by atoms with E-state index in [2.05, 4.69) is 14.8 Å². The van der Waals surface area contributed by atoms with Crippen LogP contribution >= 0.6 is 0 Å². The van der Waals surface area contributed by atoms with Crippen LogP contribution in [0.3, 0.4) is 0 Å². The number of carbonyl (C=O) groups is 2. The number of aromatic nitrogens is 2. The zero-order chi connectivity index (χ0) is 23.7. The van der Waals surface area contributed by atoms with Crippen LogP contribution in [0, 0.1) is 6.92 Å². The molecular formula is C26H32N6O2. The summed E-state index contributed by atoms with van der Waals surface area (Å²) in [4.78, 5) is 36.4. The van der Waals surface area contributed by atoms with E-state index in [0.29, 0.717) is 25.2 Å². The summed E-state index contributed by atoms with van der Waals surface area (Å²) < 4.78 is 2.11. The molecule has 2 aromatic carbocycles. The number of anilines is 1. The molecule has 178 valence electrons. The Balaban J connectivity index is 1.20. The molecule has 0 unspecified atom stereocenters. The fourth-order valence-electron chi connectivity index (χ4n) is 4.86. The minimum atomic E-state index is -0.0526. The third kappa shape index (κ3) is 4.63. The first-order valence-corrected chi connectivity index (χ1v) is 12.1. The van der Waals surface area contributed by atoms with Gasteiger partial charge in [-0.05, 0) is 55.7 Å². The molecule has 2 fully saturated rings. The third-order valence-electron chi connectivity index (χ3n) is 6.91. The number of likely N-dealkylation sites (tertiary alicyclic amines) is 1. The lowest BCUT2D eigenvalue weighted by Crippen LogP contribution is -2.49. The highest BCUT2D eigenvalue weighted by atomic mass is 16.2. The van der Waals surface area contributed by atoms with Gasteiger partial charge in [0.2, 0.25) is 0 Å². The minimum Gasteiger partial charge on any atom is -0.339 e. The lowest BCUT2D eigenvalue weighted by molar-refractivity contribution is 0.0793. The number of carbonyl (C=O) groups excluding carboxylic acids is 2. The van der Waals surface area contributed by atoms with Crippen molar-refractivity contribution in [2.24, 2.45) is 7.05 Å². The Morgan fingerprint density at radius 2 is 1.71 bits per heavy atom. The molecule has 3 heterocycles. The molecule has 0 saturated carbocycles. The molecular weight excluding hydrogens is 428 g/mol. The van der Waals surface area contributed by atoms with Gasteiger partial charge in [-0.3, -0.25) is 9.69 Å². The van der Waals surface area contributed by atoms with E-state index in [1.807, 2.05) is 66.2 Å². The van der Waals surface area contributed by atoms with Gasteiger partial charge in [0.25, 0.3) is 5.91 Å². The first kappa shape index (κ1) is 22.4. The molecule has 1 N–H and O–H groups in total. The van der Waals surface area contributed by atoms with Gasteiger partial charge < -0.3 is 19.7 Å². The Hall–Kier alpha value is -3.39. The van der Waals surface area contributed by atoms with Crippen molar-refractivity contribution in [1.82, 2.24) is 24.3 Å². The zero-order valence-corrected chi connectivity index (χ0v) is 20.0. The van der Waals surface area contributed by atoms with Crippen molar-refractivity contribution < 1.29 is 9.59 Å². The number of imidazole rings is 1. The Kier molecular flexibility index (Phi) is 6.24. The second kappa shape index (κ2) is 9.46. The van der Waals surface area contributed by atoms with Crippen LogP contribution in [0.4, 0.5) is 10.5 Å². The number of piperazine rings is 1. The number of hydrogen-bond acceptors (Lipinski definition) is 4. The largest absolute Gasteiger partial charge is 0.339 e. The predicted octanol–water partition coefficient (Wildman–Crippen LogP) is 3.47. The zero-order valence-electron chi connectivity index (χ0n) is 20.0. The second-order valence-corrected chi connectivity index (χ2v) is 9.35. The summed E-state index contributed by atoms with van der Waals surface area (Å²) in [6.07, 6.45) is 2.17. The standard InChI is InChI=1S/C26H32N6O2/c1-19-6-5-7-21(16-19)27-26(34)32-14-12-30(13-15-32)18-24-28-22-17-20(8-9-23(22)29(24)2)25(33)31-10-3-4-11-31/h5-9,16-17H,3-4,10-15,18H2,1-2H3,(H,27,34). The van der Waals surface area contributed by atoms with Crippen LogP contribution < -0.4 is 5.32 Å². The Bertz CT molecular complexity index is 1210. The molecule has 1 aromatic heterocycles. The van der Waals surface area contributed by atoms with Gasteiger partial charge >= 0.3 is 6.03 Å². The third-order valence-corrected chi connectivity index (χ3v) is 6.91. The first-order chi connectivity index (χ1) is 16.5. The number of nitrogens with one attached hydrogen (secondary N) is 1. The van der Waals surface area contributed by atoms with E-state index >= 15 is 0 Å². The molecule has 3 aromatic rings. The first-order valence-electron chi connectivity index (χ1n) is 12.1. The van der Waals surface area contributed by atoms with Gasteiger partial charge in [-0.15, -0.1) is 0 Å². The SMILES string of the molecule is Cc1cccc(NC(=O)N2CCN(Cc3nc4cc(C(=O)N5CCCC5)ccc4n3C)CC2)c1. The average molecular weight is 461 g/mol. The second-order valence-electron chi connectivity index (χ2n) is 9.35. The molecule has 2 saturated heterocycles. The fourth-order valence-corrected chi connectivity index (χ4v) is 4.86. The summed E-state index contributed by atoms with van der Waals surface area (Å²) >= 11 is 0. The van der Waals surface area contributed by atoms with Crippen molar-refractivity contribution in [3.63, 3.8) is 0 Å². The molecule has 0 radical (unpaired) electrons. The smallest absolute Gasteiger partial charge is 0.321 e. The molecule has 5 rings (SSSR count). The summed E-state index contributed by atoms with van der Waals surface area (Å²) in [5.74, 6) is 1.07. The molecule has 2 aliphatic heterocycles. The molecule has 0 atom stereocenters. The Labute approximate surface area is 200 Å². The van der Waals surface area contributed by atoms with Gasteiger partial charge in [-0.2, -0.15) is 0 Å². The van der Waals surface area contributed by atoms with Gasteiger partial charge in [-0.1, -0.05) is 12.1 Å². The van der Waals surface area contributed by atoms with E-state index in [0.717, 1.165) is 67.1 Å². The van der Waals surface area contributed by atoms with Crippen molar-refractivity contribution in [3.05, 3.63) is 59.4 Å². The number of nitrogens with zero attached hydrogens (tertiary/aromatic N) is 5. The van der Waals surface area contributed by atoms with E-state index in [1.54, 1.807) is 0 Å². The molecule has 0 spiro atoms. The molecule has 2 aliphatic rings. The molecule has 0 bridgehead atoms. The number of benzene rings is 2. The summed E-state index contributed by atoms with van der Waals surface area (Å²) in [7, 11) is 2.03. The Morgan fingerprint density at radius 3 is 2.44 bits per heavy atom. The van der Waals surface area contributed by atoms with Crippen LogP contribution in [0.1, 0.15) is 34.6 Å². The fraction of sp³-hybridized carbons (Fsp3) is 0.423. The van der Waals surface area contributed by atoms with Crippen LogP contribution in [0.5, 0.6) is 0 Å². The summed E-state index contributed by atoms with van der Waals surface area (Å²) in [6, 6.07) is 13.6. The molecule has 34 heavy (non-hydrogen) atoms. The van der Waals surface area contributed by atoms with Crippen LogP contribution in [0.15, 0.2) is 42.5 Å². The van der Waals surface area contributed by atoms with Crippen LogP contribution in [0.25, 0.3) is 11.0 Å². The number of hydrogen-bond donors (Lipinski definition) is 1. The van der Waals surface area contributed by atoms with E-state index in [4.69, 9.17) is 4.98 Å². The highest BCUT2D eigenvalue weighted by molar-refractivity contribution is 5.97. The highest BCUT2D eigenvalue weighted by Crippen LogP contribution is 2.21. The van der Waals surface area contributed by atoms with Crippen molar-refractivity contribution in [1.29, 1.82) is 0 Å². The van der Waals surface area contributed by atoms with Gasteiger partial charge in [0.15, 0.2) is 0 Å². The van der Waals surface area contributed by atoms with Crippen molar-refractivity contribution in [2.75, 3.05) is 44.6 Å². The maximum atomic E-state index is 12.8. The summed E-state index contributed by atoms with van der Waals surface area (Å²) in [6.45, 7) is 7.37. The predicted molar refractivity (Wildman–Crippen MR) is 133 cm³/mol. The maximum Gasteiger partial charge on any atom is 0.321 e. The van der Waals surface area contributed by atoms with E-state index < -0.39 is 0 Å². The number of fused-ring (bicyclic) bond motifs is 1. The quantitative estimate of drug-likeness (QED) is 0.647. The molecule has 3 amide bonds. The van der Waals surface area contributed by atoms with Gasteiger partial charge in [0, 0.05) is 57.6 Å². The molecule has 8 heteroatoms. The minimum absolute atomic E-state index is 0.0526. The van der Waals surface area contributed by atoms with Gasteiger partial charge in [0.1, 0.15) is 5.82 Å². The number of urea groups is 1. The van der Waals surface area contributed by atoms with Crippen molar-refractivity contribution in [3.8, 4) is 0 Å². The summed E-state index contributed by atoms with van der Waals surface area (Å²) in [5.41, 5.74) is 4.56. The highest BCUT2D eigenvalue weighted by Gasteiger charge is 2.24. The number of rotatable bonds is 4. The van der Waals surface area contributed by atoms with Gasteiger partial charge in [-0.25, -0.2) is 9.78 Å². The molecule has 8 nitrogen and oxygen atoms in total. The van der Waals surface area contributed by atoms with E-state index in [1.165, 1.54) is 0 Å². The topological polar surface area (TPSA) is 73.7 Å². The van der Waals surface area contributed by atoms with Crippen molar-refractivity contribution >= 4 is 28.7 Å². The van der Waals surface area contributed by atoms with Crippen LogP contribution in [-0.4, -0.2) is 75.5 Å². The average Bonchev–Trinajstić information content (AvgIpc) is 3.48. The lowest BCUT2D eigenvalue weighted by atomic mass is 10.2. The normalized spacial score (nSPS) is 16.9. The Morgan fingerprint density at radius 1 is 0.941 bits per heavy atom. The van der Waals surface area contributed by atoms with Crippen molar-refractivity contribution in [2.45, 2.75) is 26.3 Å². The summed E-state index contributed by atoms with van der Waals surface area (Å²) in [5, 5.41) is 3.00. The monoisotopic (exact) mass is 460 g/mol. The van der Waals surface area contributed by atoms with E-state index in [-0.39, 0.29) is 11.9 Å². The van der Waals surface area contributed by atoms with Crippen LogP contribution in [0.2, 0.25) is 0 Å². The molecule has 0 aliphatic carbocycles. The maximum absolute atomic E-state index is 12.8. The number of aryl methyl sites for hydroxylation is 2. The number of amides is 3.